The van der Waals surface area contributed by atoms with E-state index < -0.39 is 0 Å². The Hall–Kier alpha value is -0.830. The van der Waals surface area contributed by atoms with Crippen molar-refractivity contribution < 1.29 is 0 Å². The van der Waals surface area contributed by atoms with Crippen LogP contribution in [0, 0.1) is 5.92 Å². The molecule has 0 radical (unpaired) electrons. The fraction of sp³-hybridized carbons (Fsp3) is 0.800. The third-order valence-corrected chi connectivity index (χ3v) is 4.09. The maximum absolute atomic E-state index is 4.76. The molecule has 0 amide bonds. The van der Waals surface area contributed by atoms with Crippen LogP contribution in [0.3, 0.4) is 0 Å². The minimum atomic E-state index is 0.522. The van der Waals surface area contributed by atoms with E-state index in [1.54, 1.807) is 0 Å². The molecule has 1 N–H and O–H groups in total. The summed E-state index contributed by atoms with van der Waals surface area (Å²) >= 11 is 0. The minimum Gasteiger partial charge on any atom is -0.309 e. The molecule has 1 aliphatic carbocycles. The SMILES string of the molecule is CCC1CCCCC1n1ccc(CNC(C)C)n1. The van der Waals surface area contributed by atoms with Crippen molar-refractivity contribution in [2.75, 3.05) is 0 Å². The van der Waals surface area contributed by atoms with Crippen LogP contribution in [0.4, 0.5) is 0 Å². The molecule has 1 fully saturated rings. The maximum Gasteiger partial charge on any atom is 0.0762 e. The van der Waals surface area contributed by atoms with Gasteiger partial charge in [-0.15, -0.1) is 0 Å². The smallest absolute Gasteiger partial charge is 0.0762 e. The molecule has 0 saturated heterocycles. The largest absolute Gasteiger partial charge is 0.309 e. The van der Waals surface area contributed by atoms with Gasteiger partial charge in [0.25, 0.3) is 0 Å². The molecule has 0 bridgehead atoms. The first-order chi connectivity index (χ1) is 8.70. The average molecular weight is 249 g/mol. The summed E-state index contributed by atoms with van der Waals surface area (Å²) in [5, 5.41) is 8.19. The van der Waals surface area contributed by atoms with Crippen LogP contribution in [0.5, 0.6) is 0 Å². The fourth-order valence-corrected chi connectivity index (χ4v) is 2.98. The standard InChI is InChI=1S/C15H27N3/c1-4-13-7-5-6-8-15(13)18-10-9-14(17-18)11-16-12(2)3/h9-10,12-13,15-16H,4-8,11H2,1-3H3. The van der Waals surface area contributed by atoms with Gasteiger partial charge in [-0.1, -0.05) is 40.0 Å². The predicted octanol–water partition coefficient (Wildman–Crippen LogP) is 3.52. The van der Waals surface area contributed by atoms with Crippen molar-refractivity contribution in [3.05, 3.63) is 18.0 Å². The van der Waals surface area contributed by atoms with Gasteiger partial charge in [-0.3, -0.25) is 4.68 Å². The van der Waals surface area contributed by atoms with Crippen LogP contribution >= 0.6 is 0 Å². The van der Waals surface area contributed by atoms with Crippen LogP contribution in [-0.4, -0.2) is 15.8 Å². The molecule has 0 aromatic carbocycles. The minimum absolute atomic E-state index is 0.522. The number of nitrogens with one attached hydrogen (secondary N) is 1. The summed E-state index contributed by atoms with van der Waals surface area (Å²) < 4.78 is 2.23. The lowest BCUT2D eigenvalue weighted by molar-refractivity contribution is 0.216. The molecular formula is C15H27N3. The molecule has 1 heterocycles. The highest BCUT2D eigenvalue weighted by atomic mass is 15.3. The molecule has 3 heteroatoms. The van der Waals surface area contributed by atoms with Gasteiger partial charge in [-0.05, 0) is 24.8 Å². The molecule has 2 unspecified atom stereocenters. The van der Waals surface area contributed by atoms with Gasteiger partial charge in [0.1, 0.15) is 0 Å². The number of aromatic nitrogens is 2. The Morgan fingerprint density at radius 1 is 1.39 bits per heavy atom. The van der Waals surface area contributed by atoms with Crippen molar-refractivity contribution in [2.24, 2.45) is 5.92 Å². The van der Waals surface area contributed by atoms with E-state index in [0.29, 0.717) is 12.1 Å². The van der Waals surface area contributed by atoms with Crippen molar-refractivity contribution >= 4 is 0 Å². The first-order valence-electron chi connectivity index (χ1n) is 7.48. The molecule has 18 heavy (non-hydrogen) atoms. The Balaban J connectivity index is 1.99. The third kappa shape index (κ3) is 3.35. The molecule has 3 nitrogen and oxygen atoms in total. The van der Waals surface area contributed by atoms with E-state index in [0.717, 1.165) is 12.5 Å². The molecule has 102 valence electrons. The normalized spacial score (nSPS) is 24.7. The van der Waals surface area contributed by atoms with Gasteiger partial charge in [-0.25, -0.2) is 0 Å². The van der Waals surface area contributed by atoms with Crippen LogP contribution in [-0.2, 0) is 6.54 Å². The van der Waals surface area contributed by atoms with Gasteiger partial charge < -0.3 is 5.32 Å². The first kappa shape index (κ1) is 13.6. The van der Waals surface area contributed by atoms with E-state index in [1.165, 1.54) is 37.8 Å². The van der Waals surface area contributed by atoms with Crippen molar-refractivity contribution in [2.45, 2.75) is 71.5 Å². The third-order valence-electron chi connectivity index (χ3n) is 4.09. The molecule has 1 saturated carbocycles. The highest BCUT2D eigenvalue weighted by molar-refractivity contribution is 5.00. The molecule has 0 aliphatic heterocycles. The second-order valence-electron chi connectivity index (χ2n) is 5.84. The van der Waals surface area contributed by atoms with Gasteiger partial charge in [0.05, 0.1) is 11.7 Å². The fourth-order valence-electron chi connectivity index (χ4n) is 2.98. The molecule has 1 aliphatic rings. The Kier molecular flexibility index (Phi) is 4.81. The van der Waals surface area contributed by atoms with Gasteiger partial charge in [0.2, 0.25) is 0 Å². The summed E-state index contributed by atoms with van der Waals surface area (Å²) in [7, 11) is 0. The van der Waals surface area contributed by atoms with Crippen molar-refractivity contribution in [3.8, 4) is 0 Å². The molecule has 2 rings (SSSR count). The summed E-state index contributed by atoms with van der Waals surface area (Å²) in [6.45, 7) is 7.54. The Morgan fingerprint density at radius 2 is 2.17 bits per heavy atom. The van der Waals surface area contributed by atoms with Crippen molar-refractivity contribution in [3.63, 3.8) is 0 Å². The van der Waals surface area contributed by atoms with E-state index in [9.17, 15) is 0 Å². The highest BCUT2D eigenvalue weighted by Gasteiger charge is 2.25. The van der Waals surface area contributed by atoms with E-state index in [-0.39, 0.29) is 0 Å². The highest BCUT2D eigenvalue weighted by Crippen LogP contribution is 2.35. The second-order valence-corrected chi connectivity index (χ2v) is 5.84. The number of hydrogen-bond acceptors (Lipinski definition) is 2. The molecular weight excluding hydrogens is 222 g/mol. The van der Waals surface area contributed by atoms with Crippen molar-refractivity contribution in [1.29, 1.82) is 0 Å². The summed E-state index contributed by atoms with van der Waals surface area (Å²) in [6.07, 6.45) is 8.90. The zero-order valence-electron chi connectivity index (χ0n) is 12.0. The summed E-state index contributed by atoms with van der Waals surface area (Å²) in [5.74, 6) is 0.824. The van der Waals surface area contributed by atoms with Gasteiger partial charge in [-0.2, -0.15) is 5.10 Å². The topological polar surface area (TPSA) is 29.9 Å². The molecule has 2 atom stereocenters. The maximum atomic E-state index is 4.76. The lowest BCUT2D eigenvalue weighted by Gasteiger charge is -2.31. The molecule has 1 aromatic rings. The number of rotatable bonds is 5. The number of nitrogens with zero attached hydrogens (tertiary/aromatic N) is 2. The van der Waals surface area contributed by atoms with Crippen LogP contribution in [0.2, 0.25) is 0 Å². The zero-order chi connectivity index (χ0) is 13.0. The quantitative estimate of drug-likeness (QED) is 0.865. The predicted molar refractivity (Wildman–Crippen MR) is 75.5 cm³/mol. The van der Waals surface area contributed by atoms with Gasteiger partial charge >= 0.3 is 0 Å². The van der Waals surface area contributed by atoms with E-state index in [4.69, 9.17) is 5.10 Å². The lowest BCUT2D eigenvalue weighted by atomic mass is 9.83. The van der Waals surface area contributed by atoms with Crippen LogP contribution in [0.25, 0.3) is 0 Å². The summed E-state index contributed by atoms with van der Waals surface area (Å²) in [5.41, 5.74) is 1.17. The molecule has 1 aromatic heterocycles. The van der Waals surface area contributed by atoms with Crippen LogP contribution in [0.15, 0.2) is 12.3 Å². The van der Waals surface area contributed by atoms with Gasteiger partial charge in [0.15, 0.2) is 0 Å². The van der Waals surface area contributed by atoms with Crippen molar-refractivity contribution in [1.82, 2.24) is 15.1 Å². The van der Waals surface area contributed by atoms with Gasteiger partial charge in [0, 0.05) is 18.8 Å². The van der Waals surface area contributed by atoms with E-state index in [1.807, 2.05) is 0 Å². The zero-order valence-corrected chi connectivity index (χ0v) is 12.0. The summed E-state index contributed by atoms with van der Waals surface area (Å²) in [4.78, 5) is 0. The van der Waals surface area contributed by atoms with E-state index in [2.05, 4.69) is 43.0 Å². The Bertz CT molecular complexity index is 356. The lowest BCUT2D eigenvalue weighted by Crippen LogP contribution is -2.24. The number of hydrogen-bond donors (Lipinski definition) is 1. The van der Waals surface area contributed by atoms with E-state index >= 15 is 0 Å². The first-order valence-corrected chi connectivity index (χ1v) is 7.48. The van der Waals surface area contributed by atoms with Crippen LogP contribution in [0.1, 0.15) is 64.6 Å². The molecule has 0 spiro atoms. The summed E-state index contributed by atoms with van der Waals surface area (Å²) in [6, 6.07) is 3.32. The monoisotopic (exact) mass is 249 g/mol. The average Bonchev–Trinajstić information content (AvgIpc) is 2.85. The second kappa shape index (κ2) is 6.37. The Labute approximate surface area is 111 Å². The Morgan fingerprint density at radius 3 is 2.89 bits per heavy atom. The van der Waals surface area contributed by atoms with Crippen LogP contribution < -0.4 is 5.32 Å².